The van der Waals surface area contributed by atoms with Gasteiger partial charge in [0.25, 0.3) is 41.2 Å². The number of sulfonamides is 4. The predicted molar refractivity (Wildman–Crippen MR) is 529 cm³/mol. The van der Waals surface area contributed by atoms with Crippen molar-refractivity contribution in [3.05, 3.63) is 239 Å². The Hall–Kier alpha value is -10.7. The van der Waals surface area contributed by atoms with Crippen LogP contribution in [-0.4, -0.2) is 113 Å². The van der Waals surface area contributed by atoms with Gasteiger partial charge in [0.05, 0.1) is 65.4 Å². The van der Waals surface area contributed by atoms with Crippen LogP contribution < -0.4 is 60.4 Å². The van der Waals surface area contributed by atoms with E-state index in [1.54, 1.807) is 101 Å². The van der Waals surface area contributed by atoms with Crippen LogP contribution in [0.3, 0.4) is 0 Å². The maximum absolute atomic E-state index is 13.3. The lowest BCUT2D eigenvalue weighted by Crippen LogP contribution is -2.32. The van der Waals surface area contributed by atoms with Crippen LogP contribution in [0.1, 0.15) is 135 Å². The second-order valence-electron chi connectivity index (χ2n) is 31.4. The molecule has 2 aliphatic heterocycles. The average Bonchev–Trinajstić information content (AvgIpc) is 0.724. The quantitative estimate of drug-likeness (QED) is 0.0150. The molecule has 14 rings (SSSR count). The van der Waals surface area contributed by atoms with E-state index in [4.69, 9.17) is 56.6 Å². The number of methoxy groups -OCH3 is 6. The van der Waals surface area contributed by atoms with Gasteiger partial charge in [-0.05, 0) is 157 Å². The minimum absolute atomic E-state index is 0.000495. The number of ether oxygens (including phenoxy) is 6. The number of amides is 1. The van der Waals surface area contributed by atoms with E-state index in [1.807, 2.05) is 84.9 Å². The second kappa shape index (κ2) is 45.2. The van der Waals surface area contributed by atoms with Crippen molar-refractivity contribution in [1.29, 1.82) is 0 Å². The second-order valence-corrected chi connectivity index (χ2v) is 44.5. The number of nitrogens with two attached hydrogens (primary N) is 3. The number of phenolic OH excluding ortho intramolecular Hbond substituents is 2. The number of benzene rings is 12. The van der Waals surface area contributed by atoms with Crippen molar-refractivity contribution in [3.63, 3.8) is 0 Å². The summed E-state index contributed by atoms with van der Waals surface area (Å²) in [5.74, 6) is 3.48. The number of anilines is 4. The maximum atomic E-state index is 13.3. The van der Waals surface area contributed by atoms with Gasteiger partial charge in [-0.2, -0.15) is 16.8 Å². The summed E-state index contributed by atoms with van der Waals surface area (Å²) in [6.45, 7) is 17.1. The summed E-state index contributed by atoms with van der Waals surface area (Å²) in [5.41, 5.74) is 16.6. The van der Waals surface area contributed by atoms with Crippen LogP contribution in [0.2, 0.25) is 0 Å². The van der Waals surface area contributed by atoms with E-state index in [0.717, 1.165) is 87.5 Å². The van der Waals surface area contributed by atoms with Crippen LogP contribution in [0.5, 0.6) is 46.0 Å². The average molecular weight is 2050 g/mol. The lowest BCUT2D eigenvalue weighted by Gasteiger charge is -2.24. The first-order chi connectivity index (χ1) is 61.1. The molecule has 0 spiro atoms. The lowest BCUT2D eigenvalue weighted by atomic mass is 9.92. The Morgan fingerprint density at radius 3 is 1.09 bits per heavy atom. The van der Waals surface area contributed by atoms with Gasteiger partial charge in [-0.3, -0.25) is 9.59 Å². The number of hydrogen-bond acceptors (Lipinski definition) is 22. The first-order valence-corrected chi connectivity index (χ1v) is 49.9. The number of aromatic hydroxyl groups is 2. The van der Waals surface area contributed by atoms with Crippen molar-refractivity contribution >= 4 is 191 Å². The van der Waals surface area contributed by atoms with Crippen LogP contribution in [-0.2, 0) is 65.8 Å². The molecule has 0 saturated heterocycles. The minimum Gasteiger partial charge on any atom is -0.507 e. The van der Waals surface area contributed by atoms with E-state index in [0.29, 0.717) is 104 Å². The third kappa shape index (κ3) is 24.5. The third-order valence-electron chi connectivity index (χ3n) is 20.9. The zero-order valence-corrected chi connectivity index (χ0v) is 82.5. The molecule has 129 heavy (non-hydrogen) atoms. The third-order valence-corrected chi connectivity index (χ3v) is 26.1. The van der Waals surface area contributed by atoms with Gasteiger partial charge in [0.2, 0.25) is 10.0 Å². The summed E-state index contributed by atoms with van der Waals surface area (Å²) in [6, 6.07) is 55.7. The summed E-state index contributed by atoms with van der Waals surface area (Å²) in [5, 5.41) is 39.2. The van der Waals surface area contributed by atoms with Crippen molar-refractivity contribution in [1.82, 2.24) is 4.72 Å². The molecule has 0 saturated carbocycles. The summed E-state index contributed by atoms with van der Waals surface area (Å²) >= 11 is 15.1. The minimum atomic E-state index is -4.22. The Balaban J connectivity index is 0.000000185. The van der Waals surface area contributed by atoms with Gasteiger partial charge in [0.1, 0.15) is 87.8 Å². The molecule has 0 bridgehead atoms. The molecule has 0 aliphatic carbocycles. The number of nitrogen functional groups attached to an aromatic ring is 2. The Bertz CT molecular complexity index is 6690. The zero-order valence-electron chi connectivity index (χ0n) is 73.7. The number of nitrogens with zero attached hydrogens (tertiary/aromatic N) is 2. The fraction of sp³-hybridized carbons (Fsp3) is 0.277. The van der Waals surface area contributed by atoms with E-state index in [-0.39, 0.29) is 74.2 Å². The number of fused-ring (bicyclic) bond motifs is 6. The molecule has 2 aliphatic rings. The predicted octanol–water partition coefficient (Wildman–Crippen LogP) is 20.5. The maximum Gasteiger partial charge on any atom is 0.369 e. The van der Waals surface area contributed by atoms with Crippen molar-refractivity contribution in [3.8, 4) is 46.0 Å². The van der Waals surface area contributed by atoms with Crippen molar-refractivity contribution in [2.45, 2.75) is 126 Å². The van der Waals surface area contributed by atoms with E-state index >= 15 is 0 Å². The summed E-state index contributed by atoms with van der Waals surface area (Å²) in [7, 11) is -6.53. The number of aryl methyl sites for hydroxylation is 4. The Morgan fingerprint density at radius 1 is 0.419 bits per heavy atom. The van der Waals surface area contributed by atoms with Crippen LogP contribution in [0.15, 0.2) is 223 Å². The normalized spacial score (nSPS) is 12.8. The molecule has 684 valence electrons. The van der Waals surface area contributed by atoms with Gasteiger partial charge < -0.3 is 60.7 Å². The van der Waals surface area contributed by atoms with Gasteiger partial charge in [0, 0.05) is 43.8 Å². The van der Waals surface area contributed by atoms with Crippen molar-refractivity contribution in [2.75, 3.05) is 64.8 Å². The summed E-state index contributed by atoms with van der Waals surface area (Å²) in [4.78, 5) is 25.3. The van der Waals surface area contributed by atoms with Crippen LogP contribution in [0.25, 0.3) is 43.1 Å². The van der Waals surface area contributed by atoms with Gasteiger partial charge in [-0.1, -0.05) is 201 Å². The highest BCUT2D eigenvalue weighted by Gasteiger charge is 2.35. The topological polar surface area (TPSA) is 405 Å². The van der Waals surface area contributed by atoms with Gasteiger partial charge >= 0.3 is 3.18 Å². The highest BCUT2D eigenvalue weighted by molar-refractivity contribution is 9.69. The number of nitrogens with one attached hydrogen (secondary N) is 3. The fourth-order valence-corrected chi connectivity index (χ4v) is 19.0. The van der Waals surface area contributed by atoms with E-state index in [9.17, 15) is 53.5 Å². The Labute approximate surface area is 784 Å². The largest absolute Gasteiger partial charge is 0.507 e. The molecule has 1 amide bonds. The molecule has 0 atom stereocenters. The van der Waals surface area contributed by atoms with E-state index < -0.39 is 51.2 Å². The molecule has 35 heteroatoms. The van der Waals surface area contributed by atoms with E-state index in [2.05, 4.69) is 127 Å². The van der Waals surface area contributed by atoms with Crippen LogP contribution >= 0.6 is 58.9 Å². The molecule has 0 unspecified atom stereocenters. The number of primary sulfonamides is 1. The standard InChI is InChI=1S/C24H28N2O5S.C24H26N2O4S.C22H22N2O4S.C18H21ClO3.C6H8N2O2S.BBr3/c1-15(2)13-14-18-16-9-5-6-10-17(16)22(30-3)21(23(18)31-4)24(27)26-32(28,29)20-12-8-7-11-19(20)25;1-15(2)13-14-18-16-9-5-6-10-17(16)22(29-3)21(23(18)30-4)24-25-19-11-7-8-12-20(19)31(27,28)26-24;1-13(2)11-12-16-14-7-3-4-8-15(14)20(25)19(21(16)26)22-23-17-9-5-6-10-18(17)29(27,28)24-22;1-11(2)9-10-14-12-7-5-6-8-13(12)16(21-3)15(18(19)20)17(14)22-4;7-5-3-1-2-4-6(5)11(8,9)10;2-1(3)4/h5-12,15H,13-14,25H2,1-4H3,(H,26,27);5-12,15H,13-14H2,1-4H3,(H,25,26);3-10,13,25-26H,11-12H2,1-2H3,(H,23,24);5-8,11H,9-10H2,1-4H3;1-4H,7H2,(H2,8,9,10);. The van der Waals surface area contributed by atoms with Crippen molar-refractivity contribution in [2.24, 2.45) is 37.6 Å². The lowest BCUT2D eigenvalue weighted by molar-refractivity contribution is 0.0974. The molecule has 2 heterocycles. The molecule has 12 aromatic rings. The molecule has 26 nitrogen and oxygen atoms in total. The highest BCUT2D eigenvalue weighted by Crippen LogP contribution is 2.48. The Morgan fingerprint density at radius 2 is 0.721 bits per heavy atom. The number of phenols is 2. The number of carbonyl (C=O) groups excluding carboxylic acids is 2. The first kappa shape index (κ1) is 102. The number of amidine groups is 2. The van der Waals surface area contributed by atoms with Gasteiger partial charge in [-0.25, -0.2) is 26.7 Å². The zero-order chi connectivity index (χ0) is 94.7. The smallest absolute Gasteiger partial charge is 0.369 e. The molecular weight excluding hydrogens is 1940 g/mol. The molecular formula is C94H105BBr3ClN8O18S4. The number of rotatable bonds is 25. The van der Waals surface area contributed by atoms with Crippen molar-refractivity contribution < 1.29 is 81.9 Å². The molecule has 0 aromatic heterocycles. The molecule has 11 N–H and O–H groups in total. The van der Waals surface area contributed by atoms with Crippen LogP contribution in [0, 0.1) is 23.7 Å². The fourth-order valence-electron chi connectivity index (χ4n) is 14.8. The number of para-hydroxylation sites is 4. The SMILES string of the molecule is BrB(Br)Br.CC(C)CCc1c(O)c(C2=NS(=O)(=O)c3ccccc3N2)c(O)c2ccccc12.COc1c(C(=O)Cl)c(OC)c2ccccc2c1CCC(C)C.COc1c(C(=O)NS(=O)(=O)c2ccccc2N)c(OC)c2ccccc2c1CCC(C)C.COc1c(C2=NS(=O)(=O)c3ccccc3N2)c(OC)c2ccccc2c1CCC(C)C.Nc1ccccc1S(N)(=O)=O. The van der Waals surface area contributed by atoms with Gasteiger partial charge in [-0.15, -0.1) is 56.1 Å². The summed E-state index contributed by atoms with van der Waals surface area (Å²) < 4.78 is 143. The first-order valence-electron chi connectivity index (χ1n) is 40.9. The summed E-state index contributed by atoms with van der Waals surface area (Å²) in [6.07, 6.45) is 6.53. The number of hydrogen-bond donors (Lipinski definition) is 8. The highest BCUT2D eigenvalue weighted by atomic mass is 79.9. The molecule has 12 aromatic carbocycles. The van der Waals surface area contributed by atoms with E-state index in [1.165, 1.54) is 50.6 Å². The van der Waals surface area contributed by atoms with Gasteiger partial charge in [0.15, 0.2) is 11.7 Å². The molecule has 0 radical (unpaired) electrons. The monoisotopic (exact) mass is 2040 g/mol. The Kier molecular flexibility index (Phi) is 35.8. The number of carbonyl (C=O) groups is 2. The van der Waals surface area contributed by atoms with Crippen LogP contribution in [0.4, 0.5) is 22.7 Å². The molecule has 0 fully saturated rings. The number of halogens is 4.